The highest BCUT2D eigenvalue weighted by molar-refractivity contribution is 6.00. The molecule has 2 aromatic heterocycles. The van der Waals surface area contributed by atoms with Crippen molar-refractivity contribution in [1.82, 2.24) is 19.7 Å². The molecule has 2 atom stereocenters. The minimum atomic E-state index is -0.534. The molecule has 12 heteroatoms. The molecule has 2 aromatic carbocycles. The van der Waals surface area contributed by atoms with Crippen LogP contribution in [0.25, 0.3) is 22.4 Å². The molecule has 3 aliphatic rings. The lowest BCUT2D eigenvalue weighted by atomic mass is 10.2. The van der Waals surface area contributed by atoms with Crippen LogP contribution in [0.3, 0.4) is 0 Å². The molecular formula is C30H33FN8O3. The Morgan fingerprint density at radius 1 is 0.905 bits per heavy atom. The maximum absolute atomic E-state index is 13.3. The Morgan fingerprint density at radius 3 is 2.24 bits per heavy atom. The minimum Gasteiger partial charge on any atom is -0.378 e. The number of aromatic nitrogens is 4. The van der Waals surface area contributed by atoms with Crippen molar-refractivity contribution in [3.05, 3.63) is 54.7 Å². The first-order valence-electron chi connectivity index (χ1n) is 14.4. The smallest absolute Gasteiger partial charge is 0.323 e. The monoisotopic (exact) mass is 572 g/mol. The Balaban J connectivity index is 1.07. The maximum atomic E-state index is 13.3. The SMILES string of the molecule is O=C(Nc1ccc(-c2nc(N3CC4CCC(C3)O4)c3cnn(CCF)c3n2)cc1)Nc1ccc(N2CCOCC2)cc1. The molecular weight excluding hydrogens is 539 g/mol. The fraction of sp³-hybridized carbons (Fsp3) is 0.400. The molecule has 11 nitrogen and oxygen atoms in total. The highest BCUT2D eigenvalue weighted by Crippen LogP contribution is 2.34. The number of amides is 2. The molecule has 218 valence electrons. The van der Waals surface area contributed by atoms with Crippen LogP contribution < -0.4 is 20.4 Å². The Hall–Kier alpha value is -4.29. The molecule has 2 amide bonds. The Kier molecular flexibility index (Phi) is 7.30. The van der Waals surface area contributed by atoms with Gasteiger partial charge in [0.25, 0.3) is 0 Å². The van der Waals surface area contributed by atoms with Crippen molar-refractivity contribution in [3.63, 3.8) is 0 Å². The zero-order valence-corrected chi connectivity index (χ0v) is 23.2. The van der Waals surface area contributed by atoms with E-state index in [-0.39, 0.29) is 24.8 Å². The van der Waals surface area contributed by atoms with Crippen LogP contribution in [-0.4, -0.2) is 84.1 Å². The first-order valence-corrected chi connectivity index (χ1v) is 14.4. The van der Waals surface area contributed by atoms with Crippen LogP contribution in [0, 0.1) is 0 Å². The Morgan fingerprint density at radius 2 is 1.57 bits per heavy atom. The van der Waals surface area contributed by atoms with Gasteiger partial charge in [0.05, 0.1) is 43.5 Å². The van der Waals surface area contributed by atoms with Crippen LogP contribution >= 0.6 is 0 Å². The topological polar surface area (TPSA) is 110 Å². The standard InChI is InChI=1S/C30H33FN8O3/c31-11-12-39-29-26(17-32-39)28(38-18-24-9-10-25(19-38)42-24)35-27(36-29)20-1-3-21(4-2-20)33-30(40)34-22-5-7-23(8-6-22)37-13-15-41-16-14-37/h1-8,17,24-25H,9-16,18-19H2,(H2,33,34,40). The van der Waals surface area contributed by atoms with Crippen molar-refractivity contribution in [2.24, 2.45) is 0 Å². The van der Waals surface area contributed by atoms with Gasteiger partial charge in [0, 0.05) is 48.8 Å². The number of fused-ring (bicyclic) bond motifs is 3. The van der Waals surface area contributed by atoms with E-state index in [9.17, 15) is 9.18 Å². The normalized spacial score (nSPS) is 20.2. The number of anilines is 4. The minimum absolute atomic E-state index is 0.127. The lowest BCUT2D eigenvalue weighted by molar-refractivity contribution is 0.0303. The number of nitrogens with zero attached hydrogens (tertiary/aromatic N) is 6. The van der Waals surface area contributed by atoms with Gasteiger partial charge in [-0.05, 0) is 61.4 Å². The Labute approximate surface area is 242 Å². The molecule has 2 bridgehead atoms. The van der Waals surface area contributed by atoms with Crippen LogP contribution in [0.15, 0.2) is 54.7 Å². The van der Waals surface area contributed by atoms with Crippen molar-refractivity contribution < 1.29 is 18.7 Å². The third-order valence-corrected chi connectivity index (χ3v) is 8.02. The van der Waals surface area contributed by atoms with Gasteiger partial charge in [0.2, 0.25) is 0 Å². The molecule has 2 N–H and O–H groups in total. The van der Waals surface area contributed by atoms with E-state index in [0.29, 0.717) is 22.8 Å². The number of aryl methyl sites for hydroxylation is 1. The highest BCUT2D eigenvalue weighted by atomic mass is 19.1. The molecule has 7 rings (SSSR count). The van der Waals surface area contributed by atoms with E-state index in [1.807, 2.05) is 48.5 Å². The number of hydrogen-bond donors (Lipinski definition) is 2. The second kappa shape index (κ2) is 11.5. The molecule has 0 aliphatic carbocycles. The molecule has 3 aliphatic heterocycles. The van der Waals surface area contributed by atoms with E-state index in [1.54, 1.807) is 10.9 Å². The summed E-state index contributed by atoms with van der Waals surface area (Å²) in [5.74, 6) is 1.31. The lowest BCUT2D eigenvalue weighted by Gasteiger charge is -2.33. The van der Waals surface area contributed by atoms with E-state index in [0.717, 1.165) is 74.7 Å². The zero-order valence-electron chi connectivity index (χ0n) is 23.2. The number of morpholine rings is 2. The molecule has 0 saturated carbocycles. The summed E-state index contributed by atoms with van der Waals surface area (Å²) in [4.78, 5) is 26.9. The summed E-state index contributed by atoms with van der Waals surface area (Å²) in [6.07, 6.45) is 4.20. The number of nitrogens with one attached hydrogen (secondary N) is 2. The number of carbonyl (C=O) groups is 1. The molecule has 0 radical (unpaired) electrons. The molecule has 0 spiro atoms. The van der Waals surface area contributed by atoms with Crippen LogP contribution in [-0.2, 0) is 16.0 Å². The number of carbonyl (C=O) groups excluding carboxylic acids is 1. The number of hydrogen-bond acceptors (Lipinski definition) is 8. The summed E-state index contributed by atoms with van der Waals surface area (Å²) >= 11 is 0. The van der Waals surface area contributed by atoms with Crippen molar-refractivity contribution in [1.29, 1.82) is 0 Å². The molecule has 4 aromatic rings. The van der Waals surface area contributed by atoms with Gasteiger partial charge in [-0.25, -0.2) is 23.8 Å². The van der Waals surface area contributed by atoms with Gasteiger partial charge in [-0.1, -0.05) is 0 Å². The van der Waals surface area contributed by atoms with E-state index in [1.165, 1.54) is 0 Å². The number of urea groups is 1. The van der Waals surface area contributed by atoms with Gasteiger partial charge in [0.15, 0.2) is 11.5 Å². The summed E-state index contributed by atoms with van der Waals surface area (Å²) in [5.41, 5.74) is 3.84. The first-order chi connectivity index (χ1) is 20.6. The van der Waals surface area contributed by atoms with E-state index in [4.69, 9.17) is 19.4 Å². The summed E-state index contributed by atoms with van der Waals surface area (Å²) in [7, 11) is 0. The molecule has 42 heavy (non-hydrogen) atoms. The average molecular weight is 573 g/mol. The van der Waals surface area contributed by atoms with Crippen molar-refractivity contribution >= 4 is 39.9 Å². The summed E-state index contributed by atoms with van der Waals surface area (Å²) in [5, 5.41) is 11.0. The fourth-order valence-electron chi connectivity index (χ4n) is 5.92. The molecule has 5 heterocycles. The summed E-state index contributed by atoms with van der Waals surface area (Å²) < 4.78 is 26.3. The number of rotatable bonds is 7. The largest absolute Gasteiger partial charge is 0.378 e. The van der Waals surface area contributed by atoms with Crippen molar-refractivity contribution in [2.45, 2.75) is 31.6 Å². The first kappa shape index (κ1) is 26.6. The summed E-state index contributed by atoms with van der Waals surface area (Å²) in [6, 6.07) is 14.8. The van der Waals surface area contributed by atoms with Gasteiger partial charge >= 0.3 is 6.03 Å². The van der Waals surface area contributed by atoms with Gasteiger partial charge < -0.3 is 29.9 Å². The van der Waals surface area contributed by atoms with Gasteiger partial charge in [-0.2, -0.15) is 5.10 Å². The number of alkyl halides is 1. The average Bonchev–Trinajstić information content (AvgIpc) is 3.59. The van der Waals surface area contributed by atoms with Crippen LogP contribution in [0.4, 0.5) is 32.1 Å². The van der Waals surface area contributed by atoms with Crippen molar-refractivity contribution in [2.75, 3.05) is 66.5 Å². The second-order valence-electron chi connectivity index (χ2n) is 10.8. The molecule has 3 fully saturated rings. The third kappa shape index (κ3) is 5.47. The number of ether oxygens (including phenoxy) is 2. The molecule has 3 saturated heterocycles. The number of benzene rings is 2. The van der Waals surface area contributed by atoms with E-state index < -0.39 is 6.67 Å². The van der Waals surface area contributed by atoms with E-state index in [2.05, 4.69) is 25.5 Å². The predicted molar refractivity (Wildman–Crippen MR) is 159 cm³/mol. The van der Waals surface area contributed by atoms with Gasteiger partial charge in [0.1, 0.15) is 12.5 Å². The predicted octanol–water partition coefficient (Wildman–Crippen LogP) is 4.31. The van der Waals surface area contributed by atoms with Crippen LogP contribution in [0.1, 0.15) is 12.8 Å². The van der Waals surface area contributed by atoms with Crippen LogP contribution in [0.2, 0.25) is 0 Å². The lowest BCUT2D eigenvalue weighted by Crippen LogP contribution is -2.43. The quantitative estimate of drug-likeness (QED) is 0.337. The highest BCUT2D eigenvalue weighted by Gasteiger charge is 2.35. The van der Waals surface area contributed by atoms with Crippen molar-refractivity contribution in [3.8, 4) is 11.4 Å². The summed E-state index contributed by atoms with van der Waals surface area (Å²) in [6.45, 7) is 4.27. The fourth-order valence-corrected chi connectivity index (χ4v) is 5.92. The maximum Gasteiger partial charge on any atom is 0.323 e. The third-order valence-electron chi connectivity index (χ3n) is 8.02. The Bertz CT molecular complexity index is 1540. The van der Waals surface area contributed by atoms with E-state index >= 15 is 0 Å². The molecule has 2 unspecified atom stereocenters. The number of halogens is 1. The van der Waals surface area contributed by atoms with Crippen LogP contribution in [0.5, 0.6) is 0 Å². The second-order valence-corrected chi connectivity index (χ2v) is 10.8. The van der Waals surface area contributed by atoms with Gasteiger partial charge in [-0.15, -0.1) is 0 Å². The zero-order chi connectivity index (χ0) is 28.5. The van der Waals surface area contributed by atoms with Gasteiger partial charge in [-0.3, -0.25) is 0 Å².